The van der Waals surface area contributed by atoms with Gasteiger partial charge in [0, 0.05) is 6.54 Å². The fourth-order valence-electron chi connectivity index (χ4n) is 1.70. The molecule has 1 aromatic rings. The lowest BCUT2D eigenvalue weighted by atomic mass is 10.1. The van der Waals surface area contributed by atoms with E-state index in [9.17, 15) is 4.79 Å². The maximum atomic E-state index is 10.8. The van der Waals surface area contributed by atoms with Gasteiger partial charge in [0.15, 0.2) is 0 Å². The van der Waals surface area contributed by atoms with Gasteiger partial charge in [0.2, 0.25) is 0 Å². The number of furan rings is 1. The predicted octanol–water partition coefficient (Wildman–Crippen LogP) is 2.38. The van der Waals surface area contributed by atoms with Gasteiger partial charge in [-0.1, -0.05) is 13.8 Å². The summed E-state index contributed by atoms with van der Waals surface area (Å²) in [6, 6.07) is 3.88. The van der Waals surface area contributed by atoms with Gasteiger partial charge in [-0.25, -0.2) is 0 Å². The van der Waals surface area contributed by atoms with Gasteiger partial charge in [0.25, 0.3) is 0 Å². The zero-order valence-corrected chi connectivity index (χ0v) is 10.0. The van der Waals surface area contributed by atoms with E-state index < -0.39 is 5.97 Å². The molecule has 0 aliphatic carbocycles. The summed E-state index contributed by atoms with van der Waals surface area (Å²) in [5.74, 6) is -0.248. The summed E-state index contributed by atoms with van der Waals surface area (Å²) in [7, 11) is 0. The first-order valence-electron chi connectivity index (χ1n) is 5.56. The van der Waals surface area contributed by atoms with Crippen molar-refractivity contribution in [1.29, 1.82) is 0 Å². The molecule has 0 fully saturated rings. The molecule has 2 unspecified atom stereocenters. The number of carbonyl (C=O) groups is 1. The van der Waals surface area contributed by atoms with Crippen LogP contribution in [0, 0.1) is 5.92 Å². The molecular weight excluding hydrogens is 206 g/mol. The average molecular weight is 225 g/mol. The Balaban J connectivity index is 2.64. The van der Waals surface area contributed by atoms with Crippen molar-refractivity contribution in [3.63, 3.8) is 0 Å². The Kier molecular flexibility index (Phi) is 4.55. The van der Waals surface area contributed by atoms with Crippen molar-refractivity contribution >= 4 is 5.97 Å². The summed E-state index contributed by atoms with van der Waals surface area (Å²) in [6.07, 6.45) is 1.64. The van der Waals surface area contributed by atoms with Crippen LogP contribution in [0.4, 0.5) is 0 Å². The van der Waals surface area contributed by atoms with Crippen LogP contribution in [0.2, 0.25) is 0 Å². The summed E-state index contributed by atoms with van der Waals surface area (Å²) in [6.45, 7) is 7.11. The van der Waals surface area contributed by atoms with E-state index in [1.165, 1.54) is 0 Å². The van der Waals surface area contributed by atoms with E-state index in [1.807, 2.05) is 26.0 Å². The third kappa shape index (κ3) is 3.10. The van der Waals surface area contributed by atoms with Crippen molar-refractivity contribution in [3.05, 3.63) is 24.2 Å². The van der Waals surface area contributed by atoms with E-state index in [0.717, 1.165) is 12.3 Å². The largest absolute Gasteiger partial charge is 0.481 e. The van der Waals surface area contributed by atoms with Crippen molar-refractivity contribution in [2.45, 2.75) is 26.8 Å². The average Bonchev–Trinajstić information content (AvgIpc) is 2.77. The number of hydrogen-bond donors (Lipinski definition) is 1. The first-order valence-corrected chi connectivity index (χ1v) is 5.56. The molecule has 0 aromatic carbocycles. The molecule has 0 saturated heterocycles. The monoisotopic (exact) mass is 225 g/mol. The second-order valence-corrected chi connectivity index (χ2v) is 4.02. The highest BCUT2D eigenvalue weighted by Crippen LogP contribution is 2.21. The Labute approximate surface area is 95.9 Å². The van der Waals surface area contributed by atoms with Crippen LogP contribution in [-0.2, 0) is 4.79 Å². The maximum Gasteiger partial charge on any atom is 0.307 e. The first-order chi connectivity index (χ1) is 7.56. The summed E-state index contributed by atoms with van der Waals surface area (Å²) in [5, 5.41) is 8.89. The van der Waals surface area contributed by atoms with Crippen molar-refractivity contribution in [3.8, 4) is 0 Å². The SMILES string of the molecule is CCN(CC(C)C(=O)O)C(C)c1ccco1. The highest BCUT2D eigenvalue weighted by atomic mass is 16.4. The summed E-state index contributed by atoms with van der Waals surface area (Å²) >= 11 is 0. The summed E-state index contributed by atoms with van der Waals surface area (Å²) in [5.41, 5.74) is 0. The van der Waals surface area contributed by atoms with Crippen molar-refractivity contribution in [1.82, 2.24) is 4.90 Å². The Bertz CT molecular complexity index is 321. The Morgan fingerprint density at radius 1 is 1.56 bits per heavy atom. The molecule has 0 amide bonds. The zero-order valence-electron chi connectivity index (χ0n) is 10.0. The van der Waals surface area contributed by atoms with E-state index in [1.54, 1.807) is 13.2 Å². The number of rotatable bonds is 6. The molecule has 0 spiro atoms. The second-order valence-electron chi connectivity index (χ2n) is 4.02. The lowest BCUT2D eigenvalue weighted by Gasteiger charge is -2.27. The molecule has 1 N–H and O–H groups in total. The fraction of sp³-hybridized carbons (Fsp3) is 0.583. The van der Waals surface area contributed by atoms with E-state index >= 15 is 0 Å². The molecule has 1 aromatic heterocycles. The highest BCUT2D eigenvalue weighted by molar-refractivity contribution is 5.69. The second kappa shape index (κ2) is 5.70. The quantitative estimate of drug-likeness (QED) is 0.807. The van der Waals surface area contributed by atoms with Crippen LogP contribution < -0.4 is 0 Å². The molecular formula is C12H19NO3. The zero-order chi connectivity index (χ0) is 12.1. The molecule has 0 aliphatic rings. The van der Waals surface area contributed by atoms with Crippen LogP contribution in [0.5, 0.6) is 0 Å². The van der Waals surface area contributed by atoms with Gasteiger partial charge in [-0.15, -0.1) is 0 Å². The van der Waals surface area contributed by atoms with Crippen LogP contribution in [0.1, 0.15) is 32.6 Å². The van der Waals surface area contributed by atoms with Gasteiger partial charge in [-0.3, -0.25) is 9.69 Å². The topological polar surface area (TPSA) is 53.7 Å². The van der Waals surface area contributed by atoms with Gasteiger partial charge >= 0.3 is 5.97 Å². The van der Waals surface area contributed by atoms with E-state index in [2.05, 4.69) is 4.90 Å². The normalized spacial score (nSPS) is 15.0. The minimum absolute atomic E-state index is 0.113. The van der Waals surface area contributed by atoms with Crippen LogP contribution in [0.25, 0.3) is 0 Å². The minimum Gasteiger partial charge on any atom is -0.481 e. The molecule has 1 rings (SSSR count). The van der Waals surface area contributed by atoms with E-state index in [4.69, 9.17) is 9.52 Å². The van der Waals surface area contributed by atoms with Gasteiger partial charge in [0.1, 0.15) is 5.76 Å². The molecule has 2 atom stereocenters. The number of nitrogens with zero attached hydrogens (tertiary/aromatic N) is 1. The van der Waals surface area contributed by atoms with Crippen molar-refractivity contribution in [2.24, 2.45) is 5.92 Å². The molecule has 1 heterocycles. The molecule has 4 heteroatoms. The Morgan fingerprint density at radius 2 is 2.25 bits per heavy atom. The Hall–Kier alpha value is -1.29. The van der Waals surface area contributed by atoms with E-state index in [0.29, 0.717) is 6.54 Å². The van der Waals surface area contributed by atoms with Gasteiger partial charge in [0.05, 0.1) is 18.2 Å². The molecule has 0 saturated carbocycles. The van der Waals surface area contributed by atoms with Crippen LogP contribution in [0.15, 0.2) is 22.8 Å². The summed E-state index contributed by atoms with van der Waals surface area (Å²) < 4.78 is 5.33. The van der Waals surface area contributed by atoms with Crippen molar-refractivity contribution < 1.29 is 14.3 Å². The molecule has 16 heavy (non-hydrogen) atoms. The Morgan fingerprint density at radius 3 is 2.69 bits per heavy atom. The predicted molar refractivity (Wildman–Crippen MR) is 61.2 cm³/mol. The van der Waals surface area contributed by atoms with Crippen LogP contribution >= 0.6 is 0 Å². The minimum atomic E-state index is -0.759. The smallest absolute Gasteiger partial charge is 0.307 e. The van der Waals surface area contributed by atoms with Crippen LogP contribution in [0.3, 0.4) is 0 Å². The number of aliphatic carboxylic acids is 1. The highest BCUT2D eigenvalue weighted by Gasteiger charge is 2.21. The summed E-state index contributed by atoms with van der Waals surface area (Å²) in [4.78, 5) is 12.9. The molecule has 0 aliphatic heterocycles. The number of carboxylic acid groups (broad SMARTS) is 1. The third-order valence-corrected chi connectivity index (χ3v) is 2.84. The number of hydrogen-bond acceptors (Lipinski definition) is 3. The van der Waals surface area contributed by atoms with Gasteiger partial charge < -0.3 is 9.52 Å². The van der Waals surface area contributed by atoms with Crippen molar-refractivity contribution in [2.75, 3.05) is 13.1 Å². The molecule has 90 valence electrons. The van der Waals surface area contributed by atoms with E-state index in [-0.39, 0.29) is 12.0 Å². The third-order valence-electron chi connectivity index (χ3n) is 2.84. The first kappa shape index (κ1) is 12.8. The molecule has 4 nitrogen and oxygen atoms in total. The fourth-order valence-corrected chi connectivity index (χ4v) is 1.70. The lowest BCUT2D eigenvalue weighted by Crippen LogP contribution is -2.33. The molecule has 0 bridgehead atoms. The van der Waals surface area contributed by atoms with Gasteiger partial charge in [-0.05, 0) is 25.6 Å². The van der Waals surface area contributed by atoms with Gasteiger partial charge in [-0.2, -0.15) is 0 Å². The number of carboxylic acids is 1. The lowest BCUT2D eigenvalue weighted by molar-refractivity contribution is -0.141. The van der Waals surface area contributed by atoms with Crippen LogP contribution in [-0.4, -0.2) is 29.1 Å². The molecule has 0 radical (unpaired) electrons. The standard InChI is InChI=1S/C12H19NO3/c1-4-13(8-9(2)12(14)15)10(3)11-6-5-7-16-11/h5-7,9-10H,4,8H2,1-3H3,(H,14,15). The maximum absolute atomic E-state index is 10.8.